The number of halogens is 1. The second-order valence-electron chi connectivity index (χ2n) is 4.50. The van der Waals surface area contributed by atoms with Gasteiger partial charge in [0, 0.05) is 13.6 Å². The third-order valence-corrected chi connectivity index (χ3v) is 4.67. The Morgan fingerprint density at radius 2 is 2.47 bits per heavy atom. The maximum atomic E-state index is 12.1. The van der Waals surface area contributed by atoms with Crippen LogP contribution in [-0.2, 0) is 0 Å². The second-order valence-corrected chi connectivity index (χ2v) is 6.96. The third-order valence-electron chi connectivity index (χ3n) is 3.06. The van der Waals surface area contributed by atoms with Gasteiger partial charge in [-0.25, -0.2) is 0 Å². The summed E-state index contributed by atoms with van der Waals surface area (Å²) in [5.74, 6) is 0.729. The molecule has 1 aliphatic heterocycles. The van der Waals surface area contributed by atoms with Crippen LogP contribution in [0.4, 0.5) is 0 Å². The van der Waals surface area contributed by atoms with Crippen molar-refractivity contribution >= 4 is 33.2 Å². The van der Waals surface area contributed by atoms with Gasteiger partial charge in [0.1, 0.15) is 0 Å². The van der Waals surface area contributed by atoms with Gasteiger partial charge < -0.3 is 10.2 Å². The van der Waals surface area contributed by atoms with E-state index in [1.54, 1.807) is 0 Å². The first-order chi connectivity index (χ1) is 8.16. The molecule has 0 bridgehead atoms. The molecule has 1 amide bonds. The lowest BCUT2D eigenvalue weighted by atomic mass is 9.99. The topological polar surface area (TPSA) is 32.3 Å². The van der Waals surface area contributed by atoms with Gasteiger partial charge in [-0.1, -0.05) is 0 Å². The monoisotopic (exact) mass is 316 g/mol. The van der Waals surface area contributed by atoms with E-state index in [2.05, 4.69) is 21.2 Å². The van der Waals surface area contributed by atoms with Crippen LogP contribution < -0.4 is 5.32 Å². The summed E-state index contributed by atoms with van der Waals surface area (Å²) in [6.07, 6.45) is 2.44. The van der Waals surface area contributed by atoms with Gasteiger partial charge >= 0.3 is 0 Å². The molecule has 2 rings (SSSR count). The van der Waals surface area contributed by atoms with E-state index in [-0.39, 0.29) is 5.91 Å². The first kappa shape index (κ1) is 13.1. The molecule has 1 aromatic rings. The summed E-state index contributed by atoms with van der Waals surface area (Å²) in [4.78, 5) is 14.8. The van der Waals surface area contributed by atoms with E-state index in [1.165, 1.54) is 24.2 Å². The number of carbonyl (C=O) groups is 1. The minimum Gasteiger partial charge on any atom is -0.341 e. The van der Waals surface area contributed by atoms with E-state index in [1.807, 2.05) is 24.1 Å². The van der Waals surface area contributed by atoms with Gasteiger partial charge in [0.2, 0.25) is 0 Å². The Bertz CT molecular complexity index is 388. The summed E-state index contributed by atoms with van der Waals surface area (Å²) in [7, 11) is 1.89. The van der Waals surface area contributed by atoms with Crippen molar-refractivity contribution in [3.05, 3.63) is 20.8 Å². The zero-order valence-electron chi connectivity index (χ0n) is 9.91. The first-order valence-electron chi connectivity index (χ1n) is 5.88. The summed E-state index contributed by atoms with van der Waals surface area (Å²) in [6.45, 7) is 3.00. The van der Waals surface area contributed by atoms with E-state index in [0.29, 0.717) is 5.92 Å². The number of rotatable bonds is 3. The maximum Gasteiger partial charge on any atom is 0.263 e. The zero-order valence-corrected chi connectivity index (χ0v) is 12.3. The normalized spacial score (nSPS) is 20.2. The molecule has 0 aromatic carbocycles. The molecule has 1 unspecified atom stereocenters. The quantitative estimate of drug-likeness (QED) is 0.929. The van der Waals surface area contributed by atoms with Crippen LogP contribution in [0.5, 0.6) is 0 Å². The molecule has 94 valence electrons. The predicted octanol–water partition coefficient (Wildman–Crippen LogP) is 2.58. The van der Waals surface area contributed by atoms with Gasteiger partial charge in [0.25, 0.3) is 5.91 Å². The summed E-state index contributed by atoms with van der Waals surface area (Å²) in [6, 6.07) is 3.81. The molecule has 0 aliphatic carbocycles. The largest absolute Gasteiger partial charge is 0.341 e. The number of nitrogens with zero attached hydrogens (tertiary/aromatic N) is 1. The third kappa shape index (κ3) is 3.53. The molecule has 1 saturated heterocycles. The fraction of sp³-hybridized carbons (Fsp3) is 0.583. The average Bonchev–Trinajstić information content (AvgIpc) is 2.76. The zero-order chi connectivity index (χ0) is 12.3. The standard InChI is InChI=1S/C12H17BrN2OS/c1-15(8-9-3-2-6-14-7-9)12(16)10-4-5-11(13)17-10/h4-5,9,14H,2-3,6-8H2,1H3. The maximum absolute atomic E-state index is 12.1. The van der Waals surface area contributed by atoms with Gasteiger partial charge in [-0.15, -0.1) is 11.3 Å². The van der Waals surface area contributed by atoms with Crippen molar-refractivity contribution in [1.29, 1.82) is 0 Å². The Morgan fingerprint density at radius 1 is 1.65 bits per heavy atom. The Morgan fingerprint density at radius 3 is 3.06 bits per heavy atom. The van der Waals surface area contributed by atoms with E-state index < -0.39 is 0 Å². The van der Waals surface area contributed by atoms with Crippen LogP contribution in [-0.4, -0.2) is 37.5 Å². The van der Waals surface area contributed by atoms with Crippen molar-refractivity contribution in [2.75, 3.05) is 26.7 Å². The molecule has 0 saturated carbocycles. The van der Waals surface area contributed by atoms with E-state index in [9.17, 15) is 4.79 Å². The van der Waals surface area contributed by atoms with Gasteiger partial charge in [-0.05, 0) is 59.9 Å². The van der Waals surface area contributed by atoms with Crippen molar-refractivity contribution in [1.82, 2.24) is 10.2 Å². The number of thiophene rings is 1. The van der Waals surface area contributed by atoms with Crippen molar-refractivity contribution in [2.24, 2.45) is 5.92 Å². The Balaban J connectivity index is 1.90. The van der Waals surface area contributed by atoms with Crippen molar-refractivity contribution in [2.45, 2.75) is 12.8 Å². The van der Waals surface area contributed by atoms with Crippen LogP contribution in [0, 0.1) is 5.92 Å². The highest BCUT2D eigenvalue weighted by Gasteiger charge is 2.19. The van der Waals surface area contributed by atoms with Crippen molar-refractivity contribution in [3.63, 3.8) is 0 Å². The number of amides is 1. The molecule has 1 fully saturated rings. The summed E-state index contributed by atoms with van der Waals surface area (Å²) in [5.41, 5.74) is 0. The molecule has 0 radical (unpaired) electrons. The number of nitrogens with one attached hydrogen (secondary N) is 1. The van der Waals surface area contributed by atoms with Gasteiger partial charge in [0.05, 0.1) is 8.66 Å². The molecule has 5 heteroatoms. The molecular formula is C12H17BrN2OS. The van der Waals surface area contributed by atoms with E-state index >= 15 is 0 Å². The molecular weight excluding hydrogens is 300 g/mol. The lowest BCUT2D eigenvalue weighted by Crippen LogP contribution is -2.38. The van der Waals surface area contributed by atoms with Crippen LogP contribution in [0.2, 0.25) is 0 Å². The first-order valence-corrected chi connectivity index (χ1v) is 7.49. The van der Waals surface area contributed by atoms with Crippen LogP contribution in [0.3, 0.4) is 0 Å². The van der Waals surface area contributed by atoms with Gasteiger partial charge in [0.15, 0.2) is 0 Å². The molecule has 2 heterocycles. The molecule has 3 nitrogen and oxygen atoms in total. The summed E-state index contributed by atoms with van der Waals surface area (Å²) in [5, 5.41) is 3.38. The lowest BCUT2D eigenvalue weighted by molar-refractivity contribution is 0.0769. The fourth-order valence-electron chi connectivity index (χ4n) is 2.17. The molecule has 1 N–H and O–H groups in total. The Hall–Kier alpha value is -0.390. The number of hydrogen-bond donors (Lipinski definition) is 1. The minimum atomic E-state index is 0.131. The van der Waals surface area contributed by atoms with E-state index in [0.717, 1.165) is 28.3 Å². The smallest absolute Gasteiger partial charge is 0.263 e. The van der Waals surface area contributed by atoms with Crippen LogP contribution in [0.25, 0.3) is 0 Å². The highest BCUT2D eigenvalue weighted by molar-refractivity contribution is 9.11. The predicted molar refractivity (Wildman–Crippen MR) is 74.6 cm³/mol. The Kier molecular flexibility index (Phi) is 4.59. The van der Waals surface area contributed by atoms with Crippen LogP contribution in [0.15, 0.2) is 15.9 Å². The van der Waals surface area contributed by atoms with Crippen LogP contribution >= 0.6 is 27.3 Å². The number of carbonyl (C=O) groups excluding carboxylic acids is 1. The lowest BCUT2D eigenvalue weighted by Gasteiger charge is -2.27. The highest BCUT2D eigenvalue weighted by Crippen LogP contribution is 2.23. The highest BCUT2D eigenvalue weighted by atomic mass is 79.9. The Labute approximate surface area is 114 Å². The van der Waals surface area contributed by atoms with Gasteiger partial charge in [-0.3, -0.25) is 4.79 Å². The number of piperidine rings is 1. The molecule has 0 spiro atoms. The summed E-state index contributed by atoms with van der Waals surface area (Å²) >= 11 is 4.88. The van der Waals surface area contributed by atoms with Crippen LogP contribution in [0.1, 0.15) is 22.5 Å². The molecule has 1 aliphatic rings. The van der Waals surface area contributed by atoms with E-state index in [4.69, 9.17) is 0 Å². The van der Waals surface area contributed by atoms with Crippen molar-refractivity contribution < 1.29 is 4.79 Å². The van der Waals surface area contributed by atoms with Gasteiger partial charge in [-0.2, -0.15) is 0 Å². The summed E-state index contributed by atoms with van der Waals surface area (Å²) < 4.78 is 1.01. The minimum absolute atomic E-state index is 0.131. The molecule has 1 atom stereocenters. The van der Waals surface area contributed by atoms with Crippen molar-refractivity contribution in [3.8, 4) is 0 Å². The average molecular weight is 317 g/mol. The SMILES string of the molecule is CN(CC1CCCNC1)C(=O)c1ccc(Br)s1. The number of hydrogen-bond acceptors (Lipinski definition) is 3. The second kappa shape index (κ2) is 5.98. The fourth-order valence-corrected chi connectivity index (χ4v) is 3.55. The molecule has 17 heavy (non-hydrogen) atoms. The molecule has 1 aromatic heterocycles.